The highest BCUT2D eigenvalue weighted by atomic mass is 16.5. The summed E-state index contributed by atoms with van der Waals surface area (Å²) >= 11 is 0. The van der Waals surface area contributed by atoms with Crippen LogP contribution in [0.3, 0.4) is 0 Å². The van der Waals surface area contributed by atoms with Gasteiger partial charge >= 0.3 is 6.03 Å². The number of amides is 3. The lowest BCUT2D eigenvalue weighted by atomic mass is 9.81. The molecule has 3 amide bonds. The van der Waals surface area contributed by atoms with Crippen molar-refractivity contribution in [3.05, 3.63) is 89.3 Å². The van der Waals surface area contributed by atoms with E-state index in [1.54, 1.807) is 30.4 Å². The fourth-order valence-corrected chi connectivity index (χ4v) is 6.50. The molecule has 0 spiro atoms. The van der Waals surface area contributed by atoms with Crippen LogP contribution in [0.2, 0.25) is 0 Å². The van der Waals surface area contributed by atoms with E-state index < -0.39 is 29.0 Å². The highest BCUT2D eigenvalue weighted by Gasteiger charge is 2.41. The molecular formula is C37H43N9O6. The van der Waals surface area contributed by atoms with Gasteiger partial charge < -0.3 is 24.8 Å². The molecule has 272 valence electrons. The molecule has 15 heteroatoms. The predicted molar refractivity (Wildman–Crippen MR) is 190 cm³/mol. The first-order chi connectivity index (χ1) is 25.0. The lowest BCUT2D eigenvalue weighted by Crippen LogP contribution is -2.49. The zero-order valence-electron chi connectivity index (χ0n) is 29.7. The van der Waals surface area contributed by atoms with Gasteiger partial charge in [0.15, 0.2) is 11.9 Å². The summed E-state index contributed by atoms with van der Waals surface area (Å²) in [5.41, 5.74) is 0.320. The number of hydrogen-bond acceptors (Lipinski definition) is 11. The minimum Gasteiger partial charge on any atom is -0.480 e. The van der Waals surface area contributed by atoms with Crippen LogP contribution in [0, 0.1) is 0 Å². The van der Waals surface area contributed by atoms with E-state index in [2.05, 4.69) is 47.9 Å². The van der Waals surface area contributed by atoms with Gasteiger partial charge in [-0.15, -0.1) is 10.2 Å². The summed E-state index contributed by atoms with van der Waals surface area (Å²) in [7, 11) is 0. The molecule has 7 rings (SSSR count). The molecule has 3 aromatic heterocycles. The zero-order chi connectivity index (χ0) is 36.5. The quantitative estimate of drug-likeness (QED) is 0.163. The maximum atomic E-state index is 13.6. The Labute approximate surface area is 301 Å². The molecule has 2 saturated heterocycles. The second-order valence-electron chi connectivity index (χ2n) is 14.6. The topological polar surface area (TPSA) is 174 Å². The van der Waals surface area contributed by atoms with Crippen LogP contribution in [0.25, 0.3) is 5.65 Å². The fourth-order valence-electron chi connectivity index (χ4n) is 6.50. The van der Waals surface area contributed by atoms with Gasteiger partial charge in [-0.2, -0.15) is 0 Å². The summed E-state index contributed by atoms with van der Waals surface area (Å²) in [5.74, 6) is 0.976. The molecule has 3 N–H and O–H groups in total. The number of urea groups is 1. The second kappa shape index (κ2) is 14.1. The molecule has 15 nitrogen and oxygen atoms in total. The number of nitrogens with one attached hydrogen (secondary N) is 3. The number of rotatable bonds is 10. The van der Waals surface area contributed by atoms with Crippen LogP contribution in [-0.2, 0) is 30.6 Å². The third kappa shape index (κ3) is 7.11. The fraction of sp³-hybridized carbons (Fsp3) is 0.432. The van der Waals surface area contributed by atoms with Gasteiger partial charge in [-0.25, -0.2) is 14.8 Å². The summed E-state index contributed by atoms with van der Waals surface area (Å²) < 4.78 is 19.2. The highest BCUT2D eigenvalue weighted by Crippen LogP contribution is 2.38. The number of carbonyl (C=O) groups is 3. The molecule has 0 radical (unpaired) electrons. The first-order valence-corrected chi connectivity index (χ1v) is 17.4. The first-order valence-electron chi connectivity index (χ1n) is 17.4. The van der Waals surface area contributed by atoms with Gasteiger partial charge in [-0.3, -0.25) is 24.2 Å². The van der Waals surface area contributed by atoms with Gasteiger partial charge in [0.05, 0.1) is 43.7 Å². The van der Waals surface area contributed by atoms with E-state index in [1.165, 1.54) is 0 Å². The molecule has 1 aromatic carbocycles. The maximum Gasteiger partial charge on any atom is 0.321 e. The van der Waals surface area contributed by atoms with E-state index in [1.807, 2.05) is 55.6 Å². The number of pyridine rings is 1. The number of fused-ring (bicyclic) bond motifs is 2. The molecule has 5 heterocycles. The predicted octanol–water partition coefficient (Wildman–Crippen LogP) is 3.07. The number of aldehydes is 1. The van der Waals surface area contributed by atoms with Crippen molar-refractivity contribution in [1.29, 1.82) is 0 Å². The number of aromatic nitrogens is 5. The van der Waals surface area contributed by atoms with Crippen LogP contribution in [0.4, 0.5) is 10.6 Å². The van der Waals surface area contributed by atoms with Crippen molar-refractivity contribution in [2.24, 2.45) is 0 Å². The zero-order valence-corrected chi connectivity index (χ0v) is 29.7. The number of anilines is 1. The smallest absolute Gasteiger partial charge is 0.321 e. The monoisotopic (exact) mass is 709 g/mol. The van der Waals surface area contributed by atoms with Crippen molar-refractivity contribution in [3.63, 3.8) is 0 Å². The molecule has 0 bridgehead atoms. The lowest BCUT2D eigenvalue weighted by molar-refractivity contribution is -0.111. The van der Waals surface area contributed by atoms with Crippen molar-refractivity contribution in [3.8, 4) is 5.75 Å². The lowest BCUT2D eigenvalue weighted by Gasteiger charge is -2.36. The molecule has 0 unspecified atom stereocenters. The average Bonchev–Trinajstić information content (AvgIpc) is 3.55. The van der Waals surface area contributed by atoms with Crippen molar-refractivity contribution in [2.75, 3.05) is 57.9 Å². The normalized spacial score (nSPS) is 21.1. The third-order valence-electron chi connectivity index (χ3n) is 9.53. The Morgan fingerprint density at radius 1 is 1.06 bits per heavy atom. The Hall–Kier alpha value is -5.25. The first kappa shape index (κ1) is 35.2. The molecular weight excluding hydrogens is 666 g/mol. The summed E-state index contributed by atoms with van der Waals surface area (Å²) in [6, 6.07) is 11.9. The highest BCUT2D eigenvalue weighted by molar-refractivity contribution is 5.94. The molecule has 2 aliphatic heterocycles. The summed E-state index contributed by atoms with van der Waals surface area (Å²) in [4.78, 5) is 50.7. The Kier molecular flexibility index (Phi) is 9.50. The summed E-state index contributed by atoms with van der Waals surface area (Å²) in [6.07, 6.45) is 5.34. The Balaban J connectivity index is 1.08. The molecule has 0 saturated carbocycles. The third-order valence-corrected chi connectivity index (χ3v) is 9.53. The number of hydrogen-bond donors (Lipinski definition) is 3. The van der Waals surface area contributed by atoms with Gasteiger partial charge in [-0.05, 0) is 36.8 Å². The van der Waals surface area contributed by atoms with E-state index in [0.717, 1.165) is 18.9 Å². The van der Waals surface area contributed by atoms with E-state index in [9.17, 15) is 14.4 Å². The number of morpholine rings is 1. The summed E-state index contributed by atoms with van der Waals surface area (Å²) in [6.45, 7) is 13.1. The second-order valence-corrected chi connectivity index (χ2v) is 14.6. The van der Waals surface area contributed by atoms with Crippen LogP contribution in [0.1, 0.15) is 67.1 Å². The molecule has 4 aromatic rings. The van der Waals surface area contributed by atoms with Gasteiger partial charge in [0, 0.05) is 43.2 Å². The van der Waals surface area contributed by atoms with Gasteiger partial charge in [0.2, 0.25) is 5.82 Å². The Morgan fingerprint density at radius 2 is 1.85 bits per heavy atom. The van der Waals surface area contributed by atoms with Crippen molar-refractivity contribution >= 4 is 29.7 Å². The van der Waals surface area contributed by atoms with Crippen LogP contribution in [0.5, 0.6) is 5.75 Å². The number of nitrogens with zero attached hydrogens (tertiary/aromatic N) is 6. The summed E-state index contributed by atoms with van der Waals surface area (Å²) in [5, 5.41) is 17.2. The van der Waals surface area contributed by atoms with Crippen molar-refractivity contribution in [2.45, 2.75) is 50.2 Å². The standard InChI is InChI=1S/C37H43N9O6/c1-35(2,3)28-19-29(40-31(39-28)32(48)38-13-14-45-15-17-50-18-16-45)41-34(49)42-37(21-47)12-11-27(25-7-5-6-8-26(25)37)52-24-9-10-30-43-44-33(46(30)20-24)36(4)22-51-23-36/h5-12,19-21,27H,13-18,22-23H2,1-4H3,(H,38,48)(H2,39,40,41,42,49)/t27-,37-/m1/s1. The van der Waals surface area contributed by atoms with Gasteiger partial charge in [0.1, 0.15) is 29.0 Å². The maximum absolute atomic E-state index is 13.6. The molecule has 3 aliphatic rings. The number of benzene rings is 1. The van der Waals surface area contributed by atoms with Gasteiger partial charge in [-0.1, -0.05) is 45.0 Å². The number of carbonyl (C=O) groups excluding carboxylic acids is 3. The van der Waals surface area contributed by atoms with Gasteiger partial charge in [0.25, 0.3) is 5.91 Å². The van der Waals surface area contributed by atoms with Crippen molar-refractivity contribution in [1.82, 2.24) is 40.1 Å². The largest absolute Gasteiger partial charge is 0.480 e. The van der Waals surface area contributed by atoms with E-state index in [-0.39, 0.29) is 17.1 Å². The molecule has 1 aliphatic carbocycles. The van der Waals surface area contributed by atoms with Crippen molar-refractivity contribution < 1.29 is 28.6 Å². The average molecular weight is 710 g/mol. The van der Waals surface area contributed by atoms with E-state index in [0.29, 0.717) is 74.0 Å². The number of ether oxygens (including phenoxy) is 3. The Bertz CT molecular complexity index is 2010. The van der Waals surface area contributed by atoms with Crippen LogP contribution < -0.4 is 20.7 Å². The van der Waals surface area contributed by atoms with Crippen LogP contribution in [0.15, 0.2) is 60.8 Å². The van der Waals surface area contributed by atoms with E-state index in [4.69, 9.17) is 14.2 Å². The molecule has 2 fully saturated rings. The Morgan fingerprint density at radius 3 is 2.58 bits per heavy atom. The van der Waals surface area contributed by atoms with Crippen LogP contribution in [-0.4, -0.2) is 100 Å². The molecule has 2 atom stereocenters. The minimum atomic E-state index is -1.51. The van der Waals surface area contributed by atoms with E-state index >= 15 is 0 Å². The molecule has 52 heavy (non-hydrogen) atoms. The SMILES string of the molecule is CC(C)(C)c1cc(NC(=O)N[C@@]2(C=O)C=C[C@@H](Oc3ccc4nnc(C5(C)COC5)n4c3)c3ccccc32)nc(C(=O)NCCN2CCOCC2)n1. The minimum absolute atomic E-state index is 0.0652. The van der Waals surface area contributed by atoms with Crippen LogP contribution >= 0.6 is 0 Å².